The molecule has 0 spiro atoms. The molecule has 2 aromatic rings. The number of ether oxygens (including phenoxy) is 1. The van der Waals surface area contributed by atoms with Crippen LogP contribution in [0, 0.1) is 0 Å². The minimum absolute atomic E-state index is 0.121. The minimum Gasteiger partial charge on any atom is -0.379 e. The summed E-state index contributed by atoms with van der Waals surface area (Å²) in [7, 11) is 0. The molecule has 2 aliphatic heterocycles. The van der Waals surface area contributed by atoms with E-state index in [9.17, 15) is 4.79 Å². The van der Waals surface area contributed by atoms with Crippen LogP contribution in [0.4, 0.5) is 11.4 Å². The maximum absolute atomic E-state index is 12.9. The number of benzene rings is 2. The molecular formula is C22H26N4O2S. The summed E-state index contributed by atoms with van der Waals surface area (Å²) in [6.07, 6.45) is 0.927. The van der Waals surface area contributed by atoms with Crippen LogP contribution in [0.15, 0.2) is 53.5 Å². The third-order valence-corrected chi connectivity index (χ3v) is 6.26. The maximum atomic E-state index is 12.9. The Balaban J connectivity index is 1.50. The Labute approximate surface area is 175 Å². The van der Waals surface area contributed by atoms with Gasteiger partial charge in [0, 0.05) is 24.4 Å². The van der Waals surface area contributed by atoms with Gasteiger partial charge >= 0.3 is 0 Å². The van der Waals surface area contributed by atoms with E-state index in [1.165, 1.54) is 0 Å². The molecule has 7 heteroatoms. The first kappa shape index (κ1) is 19.8. The number of carbonyl (C=O) groups is 1. The molecule has 1 fully saturated rings. The number of aliphatic imine (C=N–C) groups is 1. The molecule has 0 aromatic heterocycles. The Hall–Kier alpha value is -2.51. The van der Waals surface area contributed by atoms with Gasteiger partial charge in [0.2, 0.25) is 0 Å². The van der Waals surface area contributed by atoms with Gasteiger partial charge in [0.05, 0.1) is 30.1 Å². The lowest BCUT2D eigenvalue weighted by atomic mass is 9.89. The van der Waals surface area contributed by atoms with Gasteiger partial charge in [0.25, 0.3) is 5.91 Å². The minimum atomic E-state index is -0.326. The fourth-order valence-electron chi connectivity index (χ4n) is 3.73. The van der Waals surface area contributed by atoms with Gasteiger partial charge in [-0.05, 0) is 43.2 Å². The van der Waals surface area contributed by atoms with E-state index in [0.717, 1.165) is 42.2 Å². The van der Waals surface area contributed by atoms with Crippen molar-refractivity contribution >= 4 is 34.2 Å². The Morgan fingerprint density at radius 3 is 2.62 bits per heavy atom. The third kappa shape index (κ3) is 4.41. The normalized spacial score (nSPS) is 22.1. The van der Waals surface area contributed by atoms with Gasteiger partial charge in [-0.15, -0.1) is 0 Å². The van der Waals surface area contributed by atoms with E-state index in [2.05, 4.69) is 22.1 Å². The average molecular weight is 411 g/mol. The summed E-state index contributed by atoms with van der Waals surface area (Å²) in [6, 6.07) is 15.6. The lowest BCUT2D eigenvalue weighted by molar-refractivity contribution is 0.102. The number of nitrogens with zero attached hydrogens (tertiary/aromatic N) is 2. The van der Waals surface area contributed by atoms with Crippen molar-refractivity contribution in [1.82, 2.24) is 0 Å². The summed E-state index contributed by atoms with van der Waals surface area (Å²) in [6.45, 7) is 5.14. The molecule has 3 N–H and O–H groups in total. The van der Waals surface area contributed by atoms with Crippen LogP contribution in [-0.2, 0) is 10.3 Å². The largest absolute Gasteiger partial charge is 0.379 e. The van der Waals surface area contributed by atoms with Crippen LogP contribution in [0.3, 0.4) is 0 Å². The van der Waals surface area contributed by atoms with Gasteiger partial charge in [-0.1, -0.05) is 36.0 Å². The number of anilines is 2. The van der Waals surface area contributed by atoms with Gasteiger partial charge < -0.3 is 20.7 Å². The highest BCUT2D eigenvalue weighted by atomic mass is 32.2. The van der Waals surface area contributed by atoms with Gasteiger partial charge in [-0.2, -0.15) is 0 Å². The monoisotopic (exact) mass is 410 g/mol. The van der Waals surface area contributed by atoms with E-state index < -0.39 is 0 Å². The van der Waals surface area contributed by atoms with Gasteiger partial charge in [0.1, 0.15) is 0 Å². The lowest BCUT2D eigenvalue weighted by Gasteiger charge is -2.30. The highest BCUT2D eigenvalue weighted by Crippen LogP contribution is 2.35. The quantitative estimate of drug-likeness (QED) is 0.807. The molecule has 6 nitrogen and oxygen atoms in total. The van der Waals surface area contributed by atoms with Gasteiger partial charge in [0.15, 0.2) is 5.17 Å². The smallest absolute Gasteiger partial charge is 0.255 e. The molecule has 1 amide bonds. The van der Waals surface area contributed by atoms with Crippen LogP contribution in [0.1, 0.15) is 29.3 Å². The molecule has 2 aromatic carbocycles. The van der Waals surface area contributed by atoms with Crippen molar-refractivity contribution in [2.24, 2.45) is 10.7 Å². The van der Waals surface area contributed by atoms with Crippen LogP contribution in [0.5, 0.6) is 0 Å². The van der Waals surface area contributed by atoms with Crippen molar-refractivity contribution in [3.63, 3.8) is 0 Å². The summed E-state index contributed by atoms with van der Waals surface area (Å²) >= 11 is 1.59. The van der Waals surface area contributed by atoms with E-state index in [1.54, 1.807) is 11.8 Å². The third-order valence-electron chi connectivity index (χ3n) is 5.47. The SMILES string of the molecule is CC1(c2ccc(C(=O)Nc3ccccc3N3CCOCC3)cc2)CCSC(N)=N1. The van der Waals surface area contributed by atoms with Crippen molar-refractivity contribution in [2.45, 2.75) is 18.9 Å². The van der Waals surface area contributed by atoms with Crippen LogP contribution in [-0.4, -0.2) is 43.1 Å². The highest BCUT2D eigenvalue weighted by molar-refractivity contribution is 8.13. The zero-order chi connectivity index (χ0) is 20.3. The number of nitrogens with two attached hydrogens (primary N) is 1. The first-order valence-corrected chi connectivity index (χ1v) is 10.9. The number of para-hydroxylation sites is 2. The van der Waals surface area contributed by atoms with Gasteiger partial charge in [-0.25, -0.2) is 0 Å². The van der Waals surface area contributed by atoms with Crippen LogP contribution < -0.4 is 16.0 Å². The summed E-state index contributed by atoms with van der Waals surface area (Å²) in [5.41, 5.74) is 9.14. The first-order chi connectivity index (χ1) is 14.0. The number of nitrogens with one attached hydrogen (secondary N) is 1. The van der Waals surface area contributed by atoms with Crippen LogP contribution in [0.2, 0.25) is 0 Å². The molecule has 1 atom stereocenters. The molecule has 4 rings (SSSR count). The summed E-state index contributed by atoms with van der Waals surface area (Å²) in [4.78, 5) is 19.7. The fraction of sp³-hybridized carbons (Fsp3) is 0.364. The van der Waals surface area contributed by atoms with E-state index in [-0.39, 0.29) is 11.4 Å². The van der Waals surface area contributed by atoms with E-state index in [4.69, 9.17) is 10.5 Å². The standard InChI is InChI=1S/C22H26N4O2S/c1-22(10-15-29-21(23)25-22)17-8-6-16(7-9-17)20(27)24-18-4-2-3-5-19(18)26-11-13-28-14-12-26/h2-9H,10-15H2,1H3,(H2,23,25)(H,24,27). The summed E-state index contributed by atoms with van der Waals surface area (Å²) < 4.78 is 5.44. The highest BCUT2D eigenvalue weighted by Gasteiger charge is 2.29. The number of rotatable bonds is 4. The number of morpholine rings is 1. The van der Waals surface area contributed by atoms with Crippen molar-refractivity contribution in [3.8, 4) is 0 Å². The Bertz CT molecular complexity index is 909. The molecule has 0 aliphatic carbocycles. The van der Waals surface area contributed by atoms with Crippen molar-refractivity contribution in [1.29, 1.82) is 0 Å². The number of carbonyl (C=O) groups excluding carboxylic acids is 1. The molecule has 0 saturated carbocycles. The molecule has 1 unspecified atom stereocenters. The second-order valence-corrected chi connectivity index (χ2v) is 8.59. The number of amides is 1. The summed E-state index contributed by atoms with van der Waals surface area (Å²) in [5, 5.41) is 3.69. The topological polar surface area (TPSA) is 80.0 Å². The Morgan fingerprint density at radius 2 is 1.90 bits per heavy atom. The molecule has 29 heavy (non-hydrogen) atoms. The van der Waals surface area contributed by atoms with Gasteiger partial charge in [-0.3, -0.25) is 9.79 Å². The lowest BCUT2D eigenvalue weighted by Crippen LogP contribution is -2.36. The zero-order valence-corrected chi connectivity index (χ0v) is 17.4. The fourth-order valence-corrected chi connectivity index (χ4v) is 4.70. The number of amidine groups is 1. The van der Waals surface area contributed by atoms with Crippen LogP contribution >= 0.6 is 11.8 Å². The van der Waals surface area contributed by atoms with E-state index in [0.29, 0.717) is 23.9 Å². The number of thioether (sulfide) groups is 1. The molecule has 0 radical (unpaired) electrons. The molecule has 0 bridgehead atoms. The predicted octanol–water partition coefficient (Wildman–Crippen LogP) is 3.44. The molecular weight excluding hydrogens is 384 g/mol. The van der Waals surface area contributed by atoms with Crippen molar-refractivity contribution < 1.29 is 9.53 Å². The zero-order valence-electron chi connectivity index (χ0n) is 16.6. The second kappa shape index (κ2) is 8.47. The Morgan fingerprint density at radius 1 is 1.17 bits per heavy atom. The molecule has 1 saturated heterocycles. The summed E-state index contributed by atoms with van der Waals surface area (Å²) in [5.74, 6) is 0.830. The number of hydrogen-bond acceptors (Lipinski definition) is 6. The van der Waals surface area contributed by atoms with E-state index in [1.807, 2.05) is 48.5 Å². The van der Waals surface area contributed by atoms with E-state index >= 15 is 0 Å². The molecule has 152 valence electrons. The maximum Gasteiger partial charge on any atom is 0.255 e. The Kier molecular flexibility index (Phi) is 5.78. The molecule has 2 aliphatic rings. The van der Waals surface area contributed by atoms with Crippen molar-refractivity contribution in [2.75, 3.05) is 42.3 Å². The average Bonchev–Trinajstić information content (AvgIpc) is 2.75. The van der Waals surface area contributed by atoms with Crippen LogP contribution in [0.25, 0.3) is 0 Å². The molecule has 2 heterocycles. The first-order valence-electron chi connectivity index (χ1n) is 9.87. The van der Waals surface area contributed by atoms with Crippen molar-refractivity contribution in [3.05, 3.63) is 59.7 Å². The second-order valence-electron chi connectivity index (χ2n) is 7.47. The number of hydrogen-bond donors (Lipinski definition) is 2. The predicted molar refractivity (Wildman–Crippen MR) is 120 cm³/mol.